The van der Waals surface area contributed by atoms with Crippen molar-refractivity contribution in [2.45, 2.75) is 33.1 Å². The van der Waals surface area contributed by atoms with E-state index in [4.69, 9.17) is 0 Å². The third-order valence-corrected chi connectivity index (χ3v) is 9.96. The first-order valence-corrected chi connectivity index (χ1v) is 14.1. The van der Waals surface area contributed by atoms with Gasteiger partial charge in [-0.3, -0.25) is 9.59 Å². The van der Waals surface area contributed by atoms with E-state index in [1.165, 1.54) is 13.8 Å². The van der Waals surface area contributed by atoms with Crippen molar-refractivity contribution < 1.29 is 26.4 Å². The smallest absolute Gasteiger partial charge is 0.216 e. The highest BCUT2D eigenvalue weighted by Crippen LogP contribution is 2.17. The number of hydrogen-bond donors (Lipinski definition) is 2. The van der Waals surface area contributed by atoms with E-state index in [-0.39, 0.29) is 23.3 Å². The van der Waals surface area contributed by atoms with Crippen molar-refractivity contribution in [1.82, 2.24) is 10.6 Å². The van der Waals surface area contributed by atoms with Gasteiger partial charge in [0.2, 0.25) is 29.6 Å². The van der Waals surface area contributed by atoms with Crippen LogP contribution in [-0.4, -0.2) is 64.8 Å². The van der Waals surface area contributed by atoms with Crippen LogP contribution >= 0.6 is 21.6 Å². The van der Waals surface area contributed by atoms with Crippen LogP contribution in [0.1, 0.15) is 33.1 Å². The van der Waals surface area contributed by atoms with Crippen LogP contribution < -0.4 is 10.6 Å². The molecule has 0 aromatic rings. The fraction of sp³-hybridized carbons (Fsp3) is 0.846. The molecule has 0 bridgehead atoms. The number of nitrogens with one attached hydrogen (secondary N) is 2. The van der Waals surface area contributed by atoms with Gasteiger partial charge in [-0.05, 0) is 34.4 Å². The second-order valence-electron chi connectivity index (χ2n) is 5.19. The van der Waals surface area contributed by atoms with E-state index in [1.54, 1.807) is 0 Å². The molecule has 0 aliphatic heterocycles. The molecule has 0 aliphatic rings. The van der Waals surface area contributed by atoms with E-state index in [2.05, 4.69) is 10.6 Å². The van der Waals surface area contributed by atoms with E-state index in [0.29, 0.717) is 43.9 Å². The minimum absolute atomic E-state index is 0.00649. The molecule has 25 heavy (non-hydrogen) atoms. The Kier molecular flexibility index (Phi) is 12.6. The molecule has 12 heteroatoms. The maximum atomic E-state index is 11.8. The minimum Gasteiger partial charge on any atom is -0.355 e. The Morgan fingerprint density at radius 2 is 1.08 bits per heavy atom. The molecule has 0 heterocycles. The van der Waals surface area contributed by atoms with Crippen molar-refractivity contribution >= 4 is 51.1 Å². The van der Waals surface area contributed by atoms with Crippen LogP contribution in [0.4, 0.5) is 0 Å². The zero-order valence-electron chi connectivity index (χ0n) is 14.4. The number of amides is 2. The molecule has 0 rings (SSSR count). The molecule has 148 valence electrons. The van der Waals surface area contributed by atoms with E-state index in [9.17, 15) is 26.4 Å². The van der Waals surface area contributed by atoms with Crippen LogP contribution in [-0.2, 0) is 27.3 Å². The van der Waals surface area contributed by atoms with Crippen LogP contribution in [0.5, 0.6) is 0 Å². The predicted molar refractivity (Wildman–Crippen MR) is 104 cm³/mol. The molecule has 0 aromatic carbocycles. The van der Waals surface area contributed by atoms with Crippen LogP contribution in [0.2, 0.25) is 0 Å². The molecule has 0 spiro atoms. The third-order valence-electron chi connectivity index (χ3n) is 2.77. The maximum absolute atomic E-state index is 11.8. The molecule has 0 radical (unpaired) electrons. The first-order chi connectivity index (χ1) is 11.5. The highest BCUT2D eigenvalue weighted by atomic mass is 33.1. The molecule has 0 aliphatic carbocycles. The van der Waals surface area contributed by atoms with Crippen LogP contribution in [0.15, 0.2) is 0 Å². The summed E-state index contributed by atoms with van der Waals surface area (Å²) in [6.45, 7) is 3.33. The summed E-state index contributed by atoms with van der Waals surface area (Å²) >= 11 is 0. The lowest BCUT2D eigenvalue weighted by atomic mass is 10.3. The van der Waals surface area contributed by atoms with Gasteiger partial charge in [0, 0.05) is 38.4 Å². The lowest BCUT2D eigenvalue weighted by Gasteiger charge is -2.06. The van der Waals surface area contributed by atoms with E-state index in [0.717, 1.165) is 21.6 Å². The van der Waals surface area contributed by atoms with Gasteiger partial charge in [-0.15, -0.1) is 0 Å². The molecule has 2 amide bonds. The summed E-state index contributed by atoms with van der Waals surface area (Å²) in [6, 6.07) is 0. The second-order valence-corrected chi connectivity index (χ2v) is 14.0. The average molecular weight is 435 g/mol. The Balaban J connectivity index is 3.81. The normalized spacial score (nSPS) is 11.9. The van der Waals surface area contributed by atoms with E-state index >= 15 is 0 Å². The van der Waals surface area contributed by atoms with Gasteiger partial charge >= 0.3 is 0 Å². The lowest BCUT2D eigenvalue weighted by Crippen LogP contribution is -2.23. The Morgan fingerprint density at radius 3 is 1.40 bits per heavy atom. The van der Waals surface area contributed by atoms with Gasteiger partial charge in [0.25, 0.3) is 0 Å². The summed E-state index contributed by atoms with van der Waals surface area (Å²) in [5, 5.41) is 5.04. The van der Waals surface area contributed by atoms with Crippen molar-refractivity contribution in [2.24, 2.45) is 0 Å². The lowest BCUT2D eigenvalue weighted by molar-refractivity contribution is -0.119. The Hall–Kier alpha value is -0.460. The van der Waals surface area contributed by atoms with E-state index in [1.807, 2.05) is 0 Å². The summed E-state index contributed by atoms with van der Waals surface area (Å²) in [5.41, 5.74) is 0. The Morgan fingerprint density at radius 1 is 0.720 bits per heavy atom. The Labute approximate surface area is 157 Å². The van der Waals surface area contributed by atoms with Crippen molar-refractivity contribution in [2.75, 3.05) is 36.1 Å². The standard InChI is InChI=1S/C13H26N2O6S4/c1-12(16)14-6-8-22-24(18,19)10-4-3-5-11-25(20,21)23-9-7-15-13(2)17/h3-11H2,1-2H3,(H,14,16)(H,15,17). The molecule has 0 aromatic heterocycles. The van der Waals surface area contributed by atoms with Gasteiger partial charge in [0.15, 0.2) is 0 Å². The molecule has 0 atom stereocenters. The molecule has 0 unspecified atom stereocenters. The van der Waals surface area contributed by atoms with Crippen molar-refractivity contribution in [3.8, 4) is 0 Å². The zero-order valence-corrected chi connectivity index (χ0v) is 17.7. The largest absolute Gasteiger partial charge is 0.355 e. The highest BCUT2D eigenvalue weighted by molar-refractivity contribution is 8.72. The number of carbonyl (C=O) groups is 2. The van der Waals surface area contributed by atoms with Crippen LogP contribution in [0, 0.1) is 0 Å². The molecular weight excluding hydrogens is 408 g/mol. The summed E-state index contributed by atoms with van der Waals surface area (Å²) in [5.74, 6) is 0.173. The van der Waals surface area contributed by atoms with Gasteiger partial charge in [-0.1, -0.05) is 6.42 Å². The van der Waals surface area contributed by atoms with Crippen molar-refractivity contribution in [1.29, 1.82) is 0 Å². The van der Waals surface area contributed by atoms with Crippen molar-refractivity contribution in [3.63, 3.8) is 0 Å². The van der Waals surface area contributed by atoms with Crippen LogP contribution in [0.3, 0.4) is 0 Å². The second kappa shape index (κ2) is 12.8. The van der Waals surface area contributed by atoms with Gasteiger partial charge in [0.1, 0.15) is 0 Å². The molecule has 0 fully saturated rings. The SMILES string of the molecule is CC(=O)NCCSS(=O)(=O)CCCCCS(=O)(=O)SCCNC(C)=O. The van der Waals surface area contributed by atoms with Crippen LogP contribution in [0.25, 0.3) is 0 Å². The number of carbonyl (C=O) groups excluding carboxylic acids is 2. The first-order valence-electron chi connectivity index (χ1n) is 7.77. The quantitative estimate of drug-likeness (QED) is 0.300. The minimum atomic E-state index is -3.25. The number of hydrogen-bond acceptors (Lipinski definition) is 8. The summed E-state index contributed by atoms with van der Waals surface area (Å²) in [7, 11) is -4.90. The Bertz CT molecular complexity index is 564. The third kappa shape index (κ3) is 16.7. The maximum Gasteiger partial charge on any atom is 0.216 e. The van der Waals surface area contributed by atoms with Gasteiger partial charge in [-0.2, -0.15) is 0 Å². The summed E-state index contributed by atoms with van der Waals surface area (Å²) in [4.78, 5) is 21.3. The first kappa shape index (κ1) is 24.5. The van der Waals surface area contributed by atoms with Gasteiger partial charge in [0.05, 0.1) is 11.5 Å². The number of rotatable bonds is 14. The zero-order chi connectivity index (χ0) is 19.3. The van der Waals surface area contributed by atoms with E-state index < -0.39 is 17.7 Å². The monoisotopic (exact) mass is 434 g/mol. The molecule has 0 saturated heterocycles. The average Bonchev–Trinajstić information content (AvgIpc) is 2.47. The highest BCUT2D eigenvalue weighted by Gasteiger charge is 2.13. The van der Waals surface area contributed by atoms with Gasteiger partial charge in [-0.25, -0.2) is 16.8 Å². The molecule has 0 saturated carbocycles. The topological polar surface area (TPSA) is 126 Å². The molecule has 2 N–H and O–H groups in total. The predicted octanol–water partition coefficient (Wildman–Crippen LogP) is 0.555. The van der Waals surface area contributed by atoms with Gasteiger partial charge < -0.3 is 10.6 Å². The number of unbranched alkanes of at least 4 members (excludes halogenated alkanes) is 2. The molecule has 8 nitrogen and oxygen atoms in total. The fourth-order valence-corrected chi connectivity index (χ4v) is 7.31. The van der Waals surface area contributed by atoms with Crippen molar-refractivity contribution in [3.05, 3.63) is 0 Å². The summed E-state index contributed by atoms with van der Waals surface area (Å²) in [6.07, 6.45) is 1.32. The fourth-order valence-electron chi connectivity index (χ4n) is 1.64. The molecular formula is C13H26N2O6S4. The summed E-state index contributed by atoms with van der Waals surface area (Å²) < 4.78 is 47.0.